The van der Waals surface area contributed by atoms with Gasteiger partial charge in [-0.05, 0) is 31.7 Å². The molecule has 2 rings (SSSR count). The van der Waals surface area contributed by atoms with Crippen molar-refractivity contribution in [2.24, 2.45) is 5.92 Å². The van der Waals surface area contributed by atoms with E-state index in [0.29, 0.717) is 11.6 Å². The largest absolute Gasteiger partial charge is 0.408 e. The predicted octanol–water partition coefficient (Wildman–Crippen LogP) is 3.58. The molecule has 28 heavy (non-hydrogen) atoms. The van der Waals surface area contributed by atoms with Crippen LogP contribution in [0.3, 0.4) is 0 Å². The van der Waals surface area contributed by atoms with Crippen molar-refractivity contribution in [3.63, 3.8) is 0 Å². The number of aromatic nitrogens is 2. The van der Waals surface area contributed by atoms with Gasteiger partial charge in [-0.25, -0.2) is 0 Å². The number of ketones is 1. The van der Waals surface area contributed by atoms with Crippen LogP contribution >= 0.6 is 24.2 Å². The average Bonchev–Trinajstić information content (AvgIpc) is 3.14. The highest BCUT2D eigenvalue weighted by molar-refractivity contribution is 7.99. The Kier molecular flexibility index (Phi) is 11.7. The SMILES string of the molecule is CCNCCSc1nnc(C(=O)[C@H](CC(C)C)N(C=O)C2CCCCC2)o1.Cl. The lowest BCUT2D eigenvalue weighted by atomic mass is 9.91. The van der Waals surface area contributed by atoms with Crippen LogP contribution in [0.5, 0.6) is 0 Å². The monoisotopic (exact) mass is 432 g/mol. The van der Waals surface area contributed by atoms with Crippen molar-refractivity contribution in [3.8, 4) is 0 Å². The molecule has 0 radical (unpaired) electrons. The standard InChI is InChI=1S/C19H32N4O3S.ClH/c1-4-20-10-11-27-19-22-21-18(26-19)17(25)16(12-14(2)3)23(13-24)15-8-6-5-7-9-15;/h13-16,20H,4-12H2,1-3H3;1H/t16-;/m0./s1. The van der Waals surface area contributed by atoms with Crippen molar-refractivity contribution in [1.29, 1.82) is 0 Å². The summed E-state index contributed by atoms with van der Waals surface area (Å²) in [6.45, 7) is 7.91. The van der Waals surface area contributed by atoms with E-state index in [0.717, 1.165) is 50.9 Å². The number of thioether (sulfide) groups is 1. The van der Waals surface area contributed by atoms with E-state index in [4.69, 9.17) is 4.42 Å². The number of nitrogens with zero attached hydrogens (tertiary/aromatic N) is 3. The van der Waals surface area contributed by atoms with E-state index in [1.807, 2.05) is 6.92 Å². The van der Waals surface area contributed by atoms with Gasteiger partial charge < -0.3 is 14.6 Å². The van der Waals surface area contributed by atoms with Gasteiger partial charge in [0.15, 0.2) is 0 Å². The Labute approximate surface area is 178 Å². The van der Waals surface area contributed by atoms with E-state index in [9.17, 15) is 9.59 Å². The summed E-state index contributed by atoms with van der Waals surface area (Å²) >= 11 is 1.43. The summed E-state index contributed by atoms with van der Waals surface area (Å²) in [6, 6.07) is -0.411. The second-order valence-electron chi connectivity index (χ2n) is 7.43. The molecule has 1 amide bonds. The molecule has 1 fully saturated rings. The van der Waals surface area contributed by atoms with Crippen molar-refractivity contribution in [2.75, 3.05) is 18.8 Å². The first-order valence-electron chi connectivity index (χ1n) is 10.0. The zero-order valence-corrected chi connectivity index (χ0v) is 18.7. The van der Waals surface area contributed by atoms with Gasteiger partial charge >= 0.3 is 0 Å². The highest BCUT2D eigenvalue weighted by Crippen LogP contribution is 2.27. The first-order valence-corrected chi connectivity index (χ1v) is 11.0. The molecule has 0 saturated heterocycles. The van der Waals surface area contributed by atoms with E-state index >= 15 is 0 Å². The average molecular weight is 433 g/mol. The van der Waals surface area contributed by atoms with Crippen LogP contribution in [-0.4, -0.2) is 58.2 Å². The molecule has 0 unspecified atom stereocenters. The second-order valence-corrected chi connectivity index (χ2v) is 8.48. The third kappa shape index (κ3) is 7.37. The van der Waals surface area contributed by atoms with Gasteiger partial charge in [0.05, 0.1) is 0 Å². The van der Waals surface area contributed by atoms with Crippen LogP contribution in [0.4, 0.5) is 0 Å². The minimum absolute atomic E-state index is 0. The molecule has 1 aliphatic rings. The highest BCUT2D eigenvalue weighted by Gasteiger charge is 2.35. The van der Waals surface area contributed by atoms with Crippen LogP contribution in [0.1, 0.15) is 70.0 Å². The van der Waals surface area contributed by atoms with E-state index in [-0.39, 0.29) is 36.0 Å². The minimum Gasteiger partial charge on any atom is -0.408 e. The summed E-state index contributed by atoms with van der Waals surface area (Å²) in [6.07, 6.45) is 6.74. The molecular weight excluding hydrogens is 400 g/mol. The van der Waals surface area contributed by atoms with Crippen LogP contribution in [0, 0.1) is 5.92 Å². The summed E-state index contributed by atoms with van der Waals surface area (Å²) in [5.74, 6) is 0.838. The normalized spacial score (nSPS) is 15.9. The van der Waals surface area contributed by atoms with Crippen molar-refractivity contribution in [1.82, 2.24) is 20.4 Å². The van der Waals surface area contributed by atoms with Crippen LogP contribution in [-0.2, 0) is 4.79 Å². The van der Waals surface area contributed by atoms with E-state index in [2.05, 4.69) is 29.4 Å². The maximum atomic E-state index is 13.1. The number of carbonyl (C=O) groups excluding carboxylic acids is 2. The van der Waals surface area contributed by atoms with Crippen LogP contribution < -0.4 is 5.32 Å². The predicted molar refractivity (Wildman–Crippen MR) is 113 cm³/mol. The molecule has 1 saturated carbocycles. The molecular formula is C19H33ClN4O3S. The molecule has 0 aliphatic heterocycles. The number of rotatable bonds is 12. The molecule has 1 heterocycles. The highest BCUT2D eigenvalue weighted by atomic mass is 35.5. The van der Waals surface area contributed by atoms with Gasteiger partial charge in [-0.2, -0.15) is 0 Å². The molecule has 7 nitrogen and oxygen atoms in total. The number of carbonyl (C=O) groups is 2. The lowest BCUT2D eigenvalue weighted by molar-refractivity contribution is -0.122. The fourth-order valence-electron chi connectivity index (χ4n) is 3.50. The number of Topliss-reactive ketones (excluding diaryl/α,β-unsaturated/α-hetero) is 1. The van der Waals surface area contributed by atoms with Crippen LogP contribution in [0.2, 0.25) is 0 Å². The quantitative estimate of drug-likeness (QED) is 0.233. The van der Waals surface area contributed by atoms with Crippen molar-refractivity contribution < 1.29 is 14.0 Å². The first-order chi connectivity index (χ1) is 13.1. The van der Waals surface area contributed by atoms with Crippen molar-refractivity contribution >= 4 is 36.4 Å². The summed E-state index contributed by atoms with van der Waals surface area (Å²) in [5.41, 5.74) is 0. The summed E-state index contributed by atoms with van der Waals surface area (Å²) < 4.78 is 5.59. The Morgan fingerprint density at radius 3 is 2.64 bits per heavy atom. The number of amides is 1. The minimum atomic E-state index is -0.536. The Bertz CT molecular complexity index is 593. The maximum Gasteiger partial charge on any atom is 0.286 e. The number of halogens is 1. The molecule has 0 spiro atoms. The van der Waals surface area contributed by atoms with Gasteiger partial charge in [-0.1, -0.05) is 51.8 Å². The molecule has 9 heteroatoms. The topological polar surface area (TPSA) is 88.3 Å². The smallest absolute Gasteiger partial charge is 0.286 e. The molecule has 1 aromatic rings. The maximum absolute atomic E-state index is 13.1. The molecule has 1 aromatic heterocycles. The van der Waals surface area contributed by atoms with Crippen LogP contribution in [0.25, 0.3) is 0 Å². The Hall–Kier alpha value is -1.12. The molecule has 1 atom stereocenters. The van der Waals surface area contributed by atoms with Gasteiger partial charge in [0.25, 0.3) is 11.1 Å². The lowest BCUT2D eigenvalue weighted by Crippen LogP contribution is -2.48. The molecule has 160 valence electrons. The Morgan fingerprint density at radius 1 is 1.32 bits per heavy atom. The zero-order chi connectivity index (χ0) is 19.6. The van der Waals surface area contributed by atoms with Gasteiger partial charge in [0, 0.05) is 18.3 Å². The third-order valence-corrected chi connectivity index (χ3v) is 5.67. The number of hydrogen-bond acceptors (Lipinski definition) is 7. The Morgan fingerprint density at radius 2 is 2.04 bits per heavy atom. The number of nitrogens with one attached hydrogen (secondary N) is 1. The molecule has 1 N–H and O–H groups in total. The Balaban J connectivity index is 0.00000392. The van der Waals surface area contributed by atoms with Crippen molar-refractivity contribution in [2.45, 2.75) is 76.6 Å². The molecule has 0 aromatic carbocycles. The number of hydrogen-bond donors (Lipinski definition) is 1. The fraction of sp³-hybridized carbons (Fsp3) is 0.789. The van der Waals surface area contributed by atoms with E-state index < -0.39 is 6.04 Å². The molecule has 0 bridgehead atoms. The van der Waals surface area contributed by atoms with Crippen molar-refractivity contribution in [3.05, 3.63) is 5.89 Å². The third-order valence-electron chi connectivity index (χ3n) is 4.85. The zero-order valence-electron chi connectivity index (χ0n) is 17.1. The van der Waals surface area contributed by atoms with Gasteiger partial charge in [-0.3, -0.25) is 9.59 Å². The van der Waals surface area contributed by atoms with Crippen LogP contribution in [0.15, 0.2) is 9.64 Å². The van der Waals surface area contributed by atoms with Gasteiger partial charge in [-0.15, -0.1) is 22.6 Å². The summed E-state index contributed by atoms with van der Waals surface area (Å²) in [7, 11) is 0. The second kappa shape index (κ2) is 13.2. The summed E-state index contributed by atoms with van der Waals surface area (Å²) in [4.78, 5) is 26.7. The first kappa shape index (κ1) is 24.9. The molecule has 1 aliphatic carbocycles. The van der Waals surface area contributed by atoms with E-state index in [1.54, 1.807) is 4.90 Å². The van der Waals surface area contributed by atoms with Gasteiger partial charge in [0.1, 0.15) is 6.04 Å². The van der Waals surface area contributed by atoms with Gasteiger partial charge in [0.2, 0.25) is 12.2 Å². The fourth-order valence-corrected chi connectivity index (χ4v) is 4.16. The van der Waals surface area contributed by atoms with E-state index in [1.165, 1.54) is 18.2 Å². The lowest BCUT2D eigenvalue weighted by Gasteiger charge is -2.36. The summed E-state index contributed by atoms with van der Waals surface area (Å²) in [5, 5.41) is 11.6.